The summed E-state index contributed by atoms with van der Waals surface area (Å²) in [6, 6.07) is 14.7. The average Bonchev–Trinajstić information content (AvgIpc) is 2.54. The minimum absolute atomic E-state index is 0.199. The van der Waals surface area contributed by atoms with Crippen molar-refractivity contribution in [3.05, 3.63) is 59.7 Å². The third kappa shape index (κ3) is 4.08. The highest BCUT2D eigenvalue weighted by molar-refractivity contribution is 7.89. The summed E-state index contributed by atoms with van der Waals surface area (Å²) in [4.78, 5) is 0.199. The first-order valence-corrected chi connectivity index (χ1v) is 8.84. The second-order valence-corrected chi connectivity index (χ2v) is 6.61. The second-order valence-electron chi connectivity index (χ2n) is 4.88. The maximum absolute atomic E-state index is 12.6. The molecule has 0 aliphatic carbocycles. The van der Waals surface area contributed by atoms with Crippen molar-refractivity contribution >= 4 is 10.0 Å². The number of ether oxygens (including phenoxy) is 1. The van der Waals surface area contributed by atoms with Crippen LogP contribution in [-0.4, -0.2) is 15.0 Å². The normalized spacial score (nSPS) is 11.4. The number of sulfonamides is 1. The van der Waals surface area contributed by atoms with Gasteiger partial charge in [-0.2, -0.15) is 0 Å². The van der Waals surface area contributed by atoms with Crippen molar-refractivity contribution in [2.75, 3.05) is 6.61 Å². The molecule has 22 heavy (non-hydrogen) atoms. The molecule has 0 bridgehead atoms. The van der Waals surface area contributed by atoms with E-state index in [4.69, 9.17) is 4.74 Å². The number of benzene rings is 2. The van der Waals surface area contributed by atoms with E-state index in [1.54, 1.807) is 12.1 Å². The molecule has 0 atom stereocenters. The van der Waals surface area contributed by atoms with Gasteiger partial charge in [-0.05, 0) is 36.6 Å². The Labute approximate surface area is 132 Å². The van der Waals surface area contributed by atoms with Crippen LogP contribution in [0.2, 0.25) is 0 Å². The molecule has 0 aromatic heterocycles. The molecular formula is C17H21NO3S. The van der Waals surface area contributed by atoms with Crippen LogP contribution in [0.3, 0.4) is 0 Å². The quantitative estimate of drug-likeness (QED) is 0.853. The molecule has 0 unspecified atom stereocenters. The number of aryl methyl sites for hydroxylation is 1. The van der Waals surface area contributed by atoms with Crippen LogP contribution in [-0.2, 0) is 23.0 Å². The highest BCUT2D eigenvalue weighted by Crippen LogP contribution is 2.25. The van der Waals surface area contributed by atoms with Crippen molar-refractivity contribution in [3.8, 4) is 5.75 Å². The Morgan fingerprint density at radius 2 is 1.73 bits per heavy atom. The standard InChI is InChI=1S/C17H21NO3S/c1-3-14-10-11-16(21-4-2)17(12-14)22(19,20)18-13-15-8-6-5-7-9-15/h5-12,18H,3-4,13H2,1-2H3. The Balaban J connectivity index is 2.27. The molecule has 0 spiro atoms. The molecule has 0 fully saturated rings. The molecule has 118 valence electrons. The smallest absolute Gasteiger partial charge is 0.244 e. The van der Waals surface area contributed by atoms with E-state index in [1.807, 2.05) is 50.2 Å². The van der Waals surface area contributed by atoms with Gasteiger partial charge in [0.1, 0.15) is 10.6 Å². The van der Waals surface area contributed by atoms with Gasteiger partial charge in [0.25, 0.3) is 0 Å². The number of rotatable bonds is 7. The molecule has 0 saturated carbocycles. The molecule has 0 heterocycles. The first kappa shape index (κ1) is 16.5. The summed E-state index contributed by atoms with van der Waals surface area (Å²) >= 11 is 0. The number of hydrogen-bond donors (Lipinski definition) is 1. The third-order valence-corrected chi connectivity index (χ3v) is 4.74. The molecule has 0 saturated heterocycles. The summed E-state index contributed by atoms with van der Waals surface area (Å²) in [5.74, 6) is 0.389. The zero-order valence-corrected chi connectivity index (χ0v) is 13.7. The molecule has 0 aliphatic rings. The first-order valence-electron chi connectivity index (χ1n) is 7.36. The van der Waals surface area contributed by atoms with Gasteiger partial charge in [0.05, 0.1) is 6.61 Å². The predicted molar refractivity (Wildman–Crippen MR) is 87.5 cm³/mol. The van der Waals surface area contributed by atoms with Crippen LogP contribution in [0.4, 0.5) is 0 Å². The zero-order chi connectivity index (χ0) is 16.0. The van der Waals surface area contributed by atoms with Gasteiger partial charge in [0.15, 0.2) is 0 Å². The monoisotopic (exact) mass is 319 g/mol. The lowest BCUT2D eigenvalue weighted by molar-refractivity contribution is 0.331. The fourth-order valence-electron chi connectivity index (χ4n) is 2.11. The Hall–Kier alpha value is -1.85. The van der Waals surface area contributed by atoms with E-state index in [-0.39, 0.29) is 11.4 Å². The number of hydrogen-bond acceptors (Lipinski definition) is 3. The van der Waals surface area contributed by atoms with Crippen LogP contribution in [0, 0.1) is 0 Å². The zero-order valence-electron chi connectivity index (χ0n) is 12.9. The summed E-state index contributed by atoms with van der Waals surface area (Å²) in [6.07, 6.45) is 0.771. The van der Waals surface area contributed by atoms with E-state index in [2.05, 4.69) is 4.72 Å². The summed E-state index contributed by atoms with van der Waals surface area (Å²) in [5.41, 5.74) is 1.87. The maximum Gasteiger partial charge on any atom is 0.244 e. The SMILES string of the molecule is CCOc1ccc(CC)cc1S(=O)(=O)NCc1ccccc1. The van der Waals surface area contributed by atoms with Crippen molar-refractivity contribution in [1.29, 1.82) is 0 Å². The molecule has 0 amide bonds. The van der Waals surface area contributed by atoms with E-state index in [0.717, 1.165) is 17.5 Å². The lowest BCUT2D eigenvalue weighted by atomic mass is 10.2. The van der Waals surface area contributed by atoms with Gasteiger partial charge >= 0.3 is 0 Å². The van der Waals surface area contributed by atoms with Crippen molar-refractivity contribution in [3.63, 3.8) is 0 Å². The molecule has 2 rings (SSSR count). The number of nitrogens with one attached hydrogen (secondary N) is 1. The Bertz CT molecular complexity index is 712. The largest absolute Gasteiger partial charge is 0.492 e. The highest BCUT2D eigenvalue weighted by atomic mass is 32.2. The molecular weight excluding hydrogens is 298 g/mol. The van der Waals surface area contributed by atoms with E-state index < -0.39 is 10.0 Å². The van der Waals surface area contributed by atoms with Crippen LogP contribution in [0.1, 0.15) is 25.0 Å². The molecule has 4 nitrogen and oxygen atoms in total. The second kappa shape index (κ2) is 7.42. The van der Waals surface area contributed by atoms with Crippen LogP contribution < -0.4 is 9.46 Å². The fraction of sp³-hybridized carbons (Fsp3) is 0.294. The van der Waals surface area contributed by atoms with Gasteiger partial charge in [-0.15, -0.1) is 0 Å². The van der Waals surface area contributed by atoms with Crippen molar-refractivity contribution in [1.82, 2.24) is 4.72 Å². The first-order chi connectivity index (χ1) is 10.6. The molecule has 1 N–H and O–H groups in total. The maximum atomic E-state index is 12.6. The van der Waals surface area contributed by atoms with E-state index in [0.29, 0.717) is 12.4 Å². The third-order valence-electron chi connectivity index (χ3n) is 3.31. The molecule has 0 radical (unpaired) electrons. The fourth-order valence-corrected chi connectivity index (χ4v) is 3.32. The van der Waals surface area contributed by atoms with Gasteiger partial charge in [0, 0.05) is 6.54 Å². The van der Waals surface area contributed by atoms with Crippen LogP contribution in [0.15, 0.2) is 53.4 Å². The lowest BCUT2D eigenvalue weighted by Gasteiger charge is -2.13. The lowest BCUT2D eigenvalue weighted by Crippen LogP contribution is -2.24. The molecule has 2 aromatic rings. The van der Waals surface area contributed by atoms with Gasteiger partial charge < -0.3 is 4.74 Å². The van der Waals surface area contributed by atoms with Crippen LogP contribution >= 0.6 is 0 Å². The van der Waals surface area contributed by atoms with E-state index in [9.17, 15) is 8.42 Å². The highest BCUT2D eigenvalue weighted by Gasteiger charge is 2.20. The Kier molecular flexibility index (Phi) is 5.57. The van der Waals surface area contributed by atoms with Gasteiger partial charge in [-0.1, -0.05) is 43.3 Å². The Morgan fingerprint density at radius 3 is 2.36 bits per heavy atom. The summed E-state index contributed by atoms with van der Waals surface area (Å²) in [7, 11) is -3.62. The minimum Gasteiger partial charge on any atom is -0.492 e. The van der Waals surface area contributed by atoms with Gasteiger partial charge in [-0.25, -0.2) is 13.1 Å². The molecule has 2 aromatic carbocycles. The van der Waals surface area contributed by atoms with Crippen molar-refractivity contribution < 1.29 is 13.2 Å². The molecule has 5 heteroatoms. The van der Waals surface area contributed by atoms with Crippen molar-refractivity contribution in [2.24, 2.45) is 0 Å². The predicted octanol–water partition coefficient (Wildman–Crippen LogP) is 3.13. The average molecular weight is 319 g/mol. The Morgan fingerprint density at radius 1 is 1.00 bits per heavy atom. The van der Waals surface area contributed by atoms with Crippen molar-refractivity contribution in [2.45, 2.75) is 31.7 Å². The van der Waals surface area contributed by atoms with Gasteiger partial charge in [0.2, 0.25) is 10.0 Å². The van der Waals surface area contributed by atoms with Gasteiger partial charge in [-0.3, -0.25) is 0 Å². The van der Waals surface area contributed by atoms with E-state index in [1.165, 1.54) is 0 Å². The minimum atomic E-state index is -3.62. The summed E-state index contributed by atoms with van der Waals surface area (Å²) in [5, 5.41) is 0. The van der Waals surface area contributed by atoms with E-state index >= 15 is 0 Å². The summed E-state index contributed by atoms with van der Waals surface area (Å²) < 4.78 is 33.2. The van der Waals surface area contributed by atoms with Crippen LogP contribution in [0.25, 0.3) is 0 Å². The summed E-state index contributed by atoms with van der Waals surface area (Å²) in [6.45, 7) is 4.50. The topological polar surface area (TPSA) is 55.4 Å². The van der Waals surface area contributed by atoms with Crippen LogP contribution in [0.5, 0.6) is 5.75 Å². The molecule has 0 aliphatic heterocycles.